The lowest BCUT2D eigenvalue weighted by molar-refractivity contribution is -0.137. The Morgan fingerprint density at radius 2 is 1.95 bits per heavy atom. The van der Waals surface area contributed by atoms with E-state index in [2.05, 4.69) is 5.32 Å². The second-order valence-corrected chi connectivity index (χ2v) is 5.18. The van der Waals surface area contributed by atoms with Crippen molar-refractivity contribution < 1.29 is 13.2 Å². The van der Waals surface area contributed by atoms with Gasteiger partial charge in [-0.25, -0.2) is 0 Å². The second-order valence-electron chi connectivity index (χ2n) is 5.18. The molecule has 0 bridgehead atoms. The van der Waals surface area contributed by atoms with Crippen LogP contribution in [0.15, 0.2) is 24.3 Å². The minimum Gasteiger partial charge on any atom is -0.314 e. The summed E-state index contributed by atoms with van der Waals surface area (Å²) in [4.78, 5) is 0. The fourth-order valence-corrected chi connectivity index (χ4v) is 2.98. The van der Waals surface area contributed by atoms with Crippen LogP contribution in [-0.2, 0) is 6.18 Å². The fraction of sp³-hybridized carbons (Fsp3) is 0.600. The highest BCUT2D eigenvalue weighted by Crippen LogP contribution is 2.36. The number of likely N-dealkylation sites (N-methyl/N-ethyl adjacent to an activating group) is 1. The number of rotatable bonds is 3. The van der Waals surface area contributed by atoms with E-state index in [1.165, 1.54) is 12.1 Å². The van der Waals surface area contributed by atoms with Gasteiger partial charge in [-0.3, -0.25) is 0 Å². The van der Waals surface area contributed by atoms with E-state index in [1.807, 2.05) is 13.0 Å². The van der Waals surface area contributed by atoms with Crippen molar-refractivity contribution in [3.63, 3.8) is 0 Å². The summed E-state index contributed by atoms with van der Waals surface area (Å²) in [6, 6.07) is 6.13. The van der Waals surface area contributed by atoms with Crippen LogP contribution in [0, 0.1) is 0 Å². The molecule has 1 fully saturated rings. The van der Waals surface area contributed by atoms with E-state index in [0.29, 0.717) is 6.04 Å². The van der Waals surface area contributed by atoms with E-state index in [0.717, 1.165) is 43.9 Å². The minimum absolute atomic E-state index is 0.205. The molecule has 0 aliphatic heterocycles. The summed E-state index contributed by atoms with van der Waals surface area (Å²) in [7, 11) is 0. The number of alkyl halides is 3. The molecule has 19 heavy (non-hydrogen) atoms. The van der Waals surface area contributed by atoms with Crippen LogP contribution in [0.2, 0.25) is 0 Å². The number of hydrogen-bond acceptors (Lipinski definition) is 1. The lowest BCUT2D eigenvalue weighted by atomic mass is 9.79. The molecule has 0 heterocycles. The van der Waals surface area contributed by atoms with Crippen LogP contribution in [0.25, 0.3) is 0 Å². The predicted molar refractivity (Wildman–Crippen MR) is 70.1 cm³/mol. The molecule has 1 saturated carbocycles. The summed E-state index contributed by atoms with van der Waals surface area (Å²) in [5.74, 6) is 0.205. The largest absolute Gasteiger partial charge is 0.416 e. The Kier molecular flexibility index (Phi) is 4.50. The zero-order valence-electron chi connectivity index (χ0n) is 11.1. The molecule has 0 spiro atoms. The van der Waals surface area contributed by atoms with Crippen molar-refractivity contribution in [1.82, 2.24) is 5.32 Å². The third kappa shape index (κ3) is 3.50. The van der Waals surface area contributed by atoms with Gasteiger partial charge in [-0.2, -0.15) is 13.2 Å². The normalized spacial score (nSPS) is 24.4. The van der Waals surface area contributed by atoms with Gasteiger partial charge in [0.1, 0.15) is 0 Å². The Morgan fingerprint density at radius 3 is 2.63 bits per heavy atom. The lowest BCUT2D eigenvalue weighted by Crippen LogP contribution is -2.37. The maximum Gasteiger partial charge on any atom is 0.416 e. The number of halogens is 3. The SMILES string of the molecule is CCNC1CCCCC1c1cccc(C(F)(F)F)c1. The molecule has 2 rings (SSSR count). The van der Waals surface area contributed by atoms with E-state index in [4.69, 9.17) is 0 Å². The average molecular weight is 271 g/mol. The lowest BCUT2D eigenvalue weighted by Gasteiger charge is -2.32. The third-order valence-corrected chi connectivity index (χ3v) is 3.87. The maximum atomic E-state index is 12.8. The molecule has 1 aromatic carbocycles. The first kappa shape index (κ1) is 14.4. The van der Waals surface area contributed by atoms with Crippen molar-refractivity contribution in [3.8, 4) is 0 Å². The third-order valence-electron chi connectivity index (χ3n) is 3.87. The van der Waals surface area contributed by atoms with Crippen molar-refractivity contribution in [2.24, 2.45) is 0 Å². The minimum atomic E-state index is -4.25. The molecule has 1 nitrogen and oxygen atoms in total. The van der Waals surface area contributed by atoms with Crippen molar-refractivity contribution in [2.75, 3.05) is 6.54 Å². The molecule has 1 aromatic rings. The van der Waals surface area contributed by atoms with Crippen LogP contribution in [0.5, 0.6) is 0 Å². The van der Waals surface area contributed by atoms with Gasteiger partial charge in [-0.1, -0.05) is 38.0 Å². The van der Waals surface area contributed by atoms with Gasteiger partial charge >= 0.3 is 6.18 Å². The molecule has 0 saturated heterocycles. The summed E-state index contributed by atoms with van der Waals surface area (Å²) >= 11 is 0. The standard InChI is InChI=1S/C15H20F3N/c1-2-19-14-9-4-3-8-13(14)11-6-5-7-12(10-11)15(16,17)18/h5-7,10,13-14,19H,2-4,8-9H2,1H3. The van der Waals surface area contributed by atoms with Gasteiger partial charge in [0.05, 0.1) is 5.56 Å². The van der Waals surface area contributed by atoms with Crippen LogP contribution < -0.4 is 5.32 Å². The van der Waals surface area contributed by atoms with Crippen molar-refractivity contribution >= 4 is 0 Å². The molecule has 1 aliphatic rings. The highest BCUT2D eigenvalue weighted by Gasteiger charge is 2.32. The van der Waals surface area contributed by atoms with Gasteiger partial charge in [-0.15, -0.1) is 0 Å². The Labute approximate surface area is 112 Å². The van der Waals surface area contributed by atoms with Crippen molar-refractivity contribution in [3.05, 3.63) is 35.4 Å². The van der Waals surface area contributed by atoms with E-state index < -0.39 is 11.7 Å². The number of nitrogens with one attached hydrogen (secondary N) is 1. The van der Waals surface area contributed by atoms with Crippen LogP contribution in [-0.4, -0.2) is 12.6 Å². The summed E-state index contributed by atoms with van der Waals surface area (Å²) in [5, 5.41) is 3.41. The first-order valence-corrected chi connectivity index (χ1v) is 6.93. The maximum absolute atomic E-state index is 12.8. The molecule has 4 heteroatoms. The Balaban J connectivity index is 2.24. The summed E-state index contributed by atoms with van der Waals surface area (Å²) in [6.45, 7) is 2.90. The van der Waals surface area contributed by atoms with Gasteiger partial charge < -0.3 is 5.32 Å². The molecule has 0 aromatic heterocycles. The van der Waals surface area contributed by atoms with Crippen LogP contribution in [0.4, 0.5) is 13.2 Å². The van der Waals surface area contributed by atoms with Crippen LogP contribution in [0.3, 0.4) is 0 Å². The summed E-state index contributed by atoms with van der Waals surface area (Å²) in [6.07, 6.45) is 0.0298. The molecular formula is C15H20F3N. The molecule has 2 unspecified atom stereocenters. The van der Waals surface area contributed by atoms with Crippen molar-refractivity contribution in [1.29, 1.82) is 0 Å². The Bertz CT molecular complexity index is 412. The van der Waals surface area contributed by atoms with E-state index in [-0.39, 0.29) is 5.92 Å². The molecule has 2 atom stereocenters. The smallest absolute Gasteiger partial charge is 0.314 e. The molecule has 1 N–H and O–H groups in total. The Hall–Kier alpha value is -1.03. The van der Waals surface area contributed by atoms with E-state index in [9.17, 15) is 13.2 Å². The van der Waals surface area contributed by atoms with Crippen LogP contribution in [0.1, 0.15) is 49.7 Å². The number of benzene rings is 1. The predicted octanol–water partition coefficient (Wildman–Crippen LogP) is 4.34. The monoisotopic (exact) mass is 271 g/mol. The van der Waals surface area contributed by atoms with Gasteiger partial charge in [-0.05, 0) is 36.9 Å². The topological polar surface area (TPSA) is 12.0 Å². The highest BCUT2D eigenvalue weighted by atomic mass is 19.4. The molecule has 0 amide bonds. The first-order chi connectivity index (χ1) is 9.02. The van der Waals surface area contributed by atoms with Gasteiger partial charge in [0.15, 0.2) is 0 Å². The van der Waals surface area contributed by atoms with E-state index >= 15 is 0 Å². The molecule has 0 radical (unpaired) electrons. The van der Waals surface area contributed by atoms with Gasteiger partial charge in [0, 0.05) is 6.04 Å². The van der Waals surface area contributed by atoms with Crippen molar-refractivity contribution in [2.45, 2.75) is 50.7 Å². The Morgan fingerprint density at radius 1 is 1.21 bits per heavy atom. The quantitative estimate of drug-likeness (QED) is 0.862. The van der Waals surface area contributed by atoms with E-state index in [1.54, 1.807) is 0 Å². The molecule has 1 aliphatic carbocycles. The average Bonchev–Trinajstić information content (AvgIpc) is 2.39. The van der Waals surface area contributed by atoms with Gasteiger partial charge in [0.25, 0.3) is 0 Å². The molecule has 106 valence electrons. The highest BCUT2D eigenvalue weighted by molar-refractivity contribution is 5.29. The fourth-order valence-electron chi connectivity index (χ4n) is 2.98. The second kappa shape index (κ2) is 5.95. The zero-order chi connectivity index (χ0) is 13.9. The summed E-state index contributed by atoms with van der Waals surface area (Å²) < 4.78 is 38.3. The van der Waals surface area contributed by atoms with Gasteiger partial charge in [0.2, 0.25) is 0 Å². The number of hydrogen-bond donors (Lipinski definition) is 1. The first-order valence-electron chi connectivity index (χ1n) is 6.93. The van der Waals surface area contributed by atoms with Crippen LogP contribution >= 0.6 is 0 Å². The molecular weight excluding hydrogens is 251 g/mol. The summed E-state index contributed by atoms with van der Waals surface area (Å²) in [5.41, 5.74) is 0.284. The zero-order valence-corrected chi connectivity index (χ0v) is 11.1.